The van der Waals surface area contributed by atoms with E-state index in [1.54, 1.807) is 16.3 Å². The molecule has 6 aliphatic rings. The largest absolute Gasteiger partial charge is 0.337 e. The number of benzene rings is 3. The van der Waals surface area contributed by atoms with Crippen LogP contribution in [0.5, 0.6) is 0 Å². The molecule has 40 heavy (non-hydrogen) atoms. The molecular formula is C36H30N3P. The van der Waals surface area contributed by atoms with Crippen molar-refractivity contribution in [2.24, 2.45) is 0 Å². The van der Waals surface area contributed by atoms with E-state index in [9.17, 15) is 0 Å². The molecular weight excluding hydrogens is 505 g/mol. The number of para-hydroxylation sites is 2. The first-order valence-electron chi connectivity index (χ1n) is 14.5. The Bertz CT molecular complexity index is 1740. The fourth-order valence-corrected chi connectivity index (χ4v) is 10.8. The van der Waals surface area contributed by atoms with Crippen LogP contribution in [0.25, 0.3) is 0 Å². The number of nitrogens with zero attached hydrogens (tertiary/aromatic N) is 3. The Hall–Kier alpha value is -4.07. The van der Waals surface area contributed by atoms with Crippen molar-refractivity contribution in [2.45, 2.75) is 38.1 Å². The molecule has 194 valence electrons. The molecule has 0 amide bonds. The van der Waals surface area contributed by atoms with Gasteiger partial charge in [-0.25, -0.2) is 0 Å². The molecule has 3 heterocycles. The van der Waals surface area contributed by atoms with Gasteiger partial charge in [-0.1, -0.05) is 66.8 Å². The van der Waals surface area contributed by atoms with E-state index >= 15 is 0 Å². The Morgan fingerprint density at radius 1 is 0.675 bits per heavy atom. The number of anilines is 4. The van der Waals surface area contributed by atoms with Crippen molar-refractivity contribution in [3.05, 3.63) is 149 Å². The smallest absolute Gasteiger partial charge is 0.0654 e. The lowest BCUT2D eigenvalue weighted by Crippen LogP contribution is -2.48. The van der Waals surface area contributed by atoms with Crippen LogP contribution in [0, 0.1) is 0 Å². The molecule has 0 saturated carbocycles. The standard InChI is InChI=1S/C36H30N3P/c1-4-13-25(14-5-1)37-28-19-10-21-30-34(28)40-35-29(37)20-11-22-31(35)39(27-17-8-3-9-18-27)33-24-12-23-32(36(33)40)38(30)26-15-6-2-7-16-26/h1-2,4-8,10-11,13-21,23,31H,3,9,12,22,24H2. The van der Waals surface area contributed by atoms with E-state index in [2.05, 4.69) is 130 Å². The molecule has 0 N–H and O–H groups in total. The van der Waals surface area contributed by atoms with Crippen molar-refractivity contribution in [2.75, 3.05) is 9.80 Å². The second-order valence-electron chi connectivity index (χ2n) is 11.1. The summed E-state index contributed by atoms with van der Waals surface area (Å²) in [5, 5.41) is 4.72. The van der Waals surface area contributed by atoms with Crippen LogP contribution in [0.15, 0.2) is 149 Å². The zero-order chi connectivity index (χ0) is 26.2. The van der Waals surface area contributed by atoms with Gasteiger partial charge in [-0.3, -0.25) is 0 Å². The number of hydrogen-bond acceptors (Lipinski definition) is 3. The normalized spacial score (nSPS) is 23.8. The SMILES string of the molecule is C1=CC(N2C3=C4C(=CCC3)N(c3ccccc3)c3cccc5c3P4C3=C(C=CCC32)N5c2ccccc2)=CCC1. The topological polar surface area (TPSA) is 9.72 Å². The van der Waals surface area contributed by atoms with Gasteiger partial charge in [0.05, 0.1) is 28.8 Å². The molecule has 3 nitrogen and oxygen atoms in total. The van der Waals surface area contributed by atoms with E-state index in [1.165, 1.54) is 45.1 Å². The molecule has 3 aromatic rings. The molecule has 2 atom stereocenters. The highest BCUT2D eigenvalue weighted by molar-refractivity contribution is 7.75. The molecule has 0 bridgehead atoms. The van der Waals surface area contributed by atoms with Crippen LogP contribution in [-0.4, -0.2) is 10.9 Å². The first-order valence-corrected chi connectivity index (χ1v) is 15.9. The minimum atomic E-state index is -0.642. The fraction of sp³-hybridized carbons (Fsp3) is 0.167. The first-order chi connectivity index (χ1) is 19.9. The third-order valence-electron chi connectivity index (χ3n) is 8.98. The van der Waals surface area contributed by atoms with Crippen molar-refractivity contribution in [1.82, 2.24) is 4.90 Å². The minimum absolute atomic E-state index is 0.355. The van der Waals surface area contributed by atoms with E-state index in [-0.39, 0.29) is 0 Å². The van der Waals surface area contributed by atoms with Gasteiger partial charge in [-0.2, -0.15) is 0 Å². The van der Waals surface area contributed by atoms with Gasteiger partial charge in [-0.05, 0) is 88.6 Å². The van der Waals surface area contributed by atoms with Crippen LogP contribution in [0.1, 0.15) is 32.1 Å². The average Bonchev–Trinajstić information content (AvgIpc) is 3.03. The third kappa shape index (κ3) is 3.04. The quantitative estimate of drug-likeness (QED) is 0.310. The van der Waals surface area contributed by atoms with E-state index in [0.717, 1.165) is 32.1 Å². The molecule has 0 fully saturated rings. The van der Waals surface area contributed by atoms with Gasteiger partial charge in [0.1, 0.15) is 0 Å². The van der Waals surface area contributed by atoms with Gasteiger partial charge in [0.25, 0.3) is 0 Å². The van der Waals surface area contributed by atoms with Crippen molar-refractivity contribution < 1.29 is 0 Å². The lowest BCUT2D eigenvalue weighted by atomic mass is 9.95. The van der Waals surface area contributed by atoms with Gasteiger partial charge < -0.3 is 14.7 Å². The summed E-state index contributed by atoms with van der Waals surface area (Å²) in [5.74, 6) is 0. The van der Waals surface area contributed by atoms with E-state index in [0.29, 0.717) is 6.04 Å². The first kappa shape index (κ1) is 22.7. The van der Waals surface area contributed by atoms with Crippen LogP contribution in [-0.2, 0) is 0 Å². The van der Waals surface area contributed by atoms with Crippen LogP contribution < -0.4 is 15.1 Å². The maximum Gasteiger partial charge on any atom is 0.0654 e. The van der Waals surface area contributed by atoms with Crippen molar-refractivity contribution in [3.63, 3.8) is 0 Å². The maximum absolute atomic E-state index is 2.75. The molecule has 0 radical (unpaired) electrons. The summed E-state index contributed by atoms with van der Waals surface area (Å²) in [6, 6.07) is 29.3. The van der Waals surface area contributed by atoms with Crippen LogP contribution in [0.4, 0.5) is 22.7 Å². The maximum atomic E-state index is 2.75. The minimum Gasteiger partial charge on any atom is -0.337 e. The van der Waals surface area contributed by atoms with E-state index in [1.807, 2.05) is 0 Å². The highest BCUT2D eigenvalue weighted by Crippen LogP contribution is 2.72. The zero-order valence-electron chi connectivity index (χ0n) is 22.4. The number of allylic oxidation sites excluding steroid dienone is 7. The molecule has 4 heteroatoms. The highest BCUT2D eigenvalue weighted by atomic mass is 31.1. The monoisotopic (exact) mass is 535 g/mol. The lowest BCUT2D eigenvalue weighted by molar-refractivity contribution is 0.343. The third-order valence-corrected chi connectivity index (χ3v) is 11.8. The predicted octanol–water partition coefficient (Wildman–Crippen LogP) is 9.08. The van der Waals surface area contributed by atoms with Gasteiger partial charge in [-0.15, -0.1) is 0 Å². The van der Waals surface area contributed by atoms with Crippen molar-refractivity contribution >= 4 is 36.0 Å². The summed E-state index contributed by atoms with van der Waals surface area (Å²) in [7, 11) is -0.642. The van der Waals surface area contributed by atoms with Crippen LogP contribution in [0.2, 0.25) is 0 Å². The Kier molecular flexibility index (Phi) is 4.95. The number of hydrogen-bond donors (Lipinski definition) is 0. The van der Waals surface area contributed by atoms with Crippen LogP contribution in [0.3, 0.4) is 0 Å². The summed E-state index contributed by atoms with van der Waals surface area (Å²) in [4.78, 5) is 7.86. The molecule has 2 unspecified atom stereocenters. The van der Waals surface area contributed by atoms with Crippen molar-refractivity contribution in [3.8, 4) is 0 Å². The molecule has 3 aromatic carbocycles. The van der Waals surface area contributed by atoms with E-state index < -0.39 is 7.92 Å². The lowest BCUT2D eigenvalue weighted by Gasteiger charge is -2.56. The highest BCUT2D eigenvalue weighted by Gasteiger charge is 2.52. The van der Waals surface area contributed by atoms with Gasteiger partial charge >= 0.3 is 0 Å². The average molecular weight is 536 g/mol. The summed E-state index contributed by atoms with van der Waals surface area (Å²) >= 11 is 0. The van der Waals surface area contributed by atoms with Gasteiger partial charge in [0.15, 0.2) is 0 Å². The molecule has 3 aliphatic heterocycles. The summed E-state index contributed by atoms with van der Waals surface area (Å²) in [6.07, 6.45) is 20.1. The Labute approximate surface area is 237 Å². The summed E-state index contributed by atoms with van der Waals surface area (Å²) in [6.45, 7) is 0. The number of rotatable bonds is 3. The van der Waals surface area contributed by atoms with Gasteiger partial charge in [0, 0.05) is 38.7 Å². The Morgan fingerprint density at radius 2 is 1.43 bits per heavy atom. The van der Waals surface area contributed by atoms with E-state index in [4.69, 9.17) is 0 Å². The van der Waals surface area contributed by atoms with Crippen molar-refractivity contribution in [1.29, 1.82) is 0 Å². The fourth-order valence-electron chi connectivity index (χ4n) is 7.47. The Balaban J connectivity index is 1.40. The summed E-state index contributed by atoms with van der Waals surface area (Å²) in [5.41, 5.74) is 10.9. The Morgan fingerprint density at radius 3 is 2.17 bits per heavy atom. The molecule has 0 saturated heterocycles. The predicted molar refractivity (Wildman–Crippen MR) is 167 cm³/mol. The second-order valence-corrected chi connectivity index (χ2v) is 13.2. The molecule has 0 spiro atoms. The second kappa shape index (κ2) is 8.71. The van der Waals surface area contributed by atoms with Gasteiger partial charge in [0.2, 0.25) is 0 Å². The zero-order valence-corrected chi connectivity index (χ0v) is 23.3. The molecule has 0 aromatic heterocycles. The summed E-state index contributed by atoms with van der Waals surface area (Å²) < 4.78 is 0. The molecule has 9 rings (SSSR count). The molecule has 3 aliphatic carbocycles. The van der Waals surface area contributed by atoms with Crippen LogP contribution >= 0.6 is 7.92 Å².